The number of carboxylic acids is 1. The molecule has 102 valence electrons. The van der Waals surface area contributed by atoms with Gasteiger partial charge in [-0.25, -0.2) is 9.18 Å². The van der Waals surface area contributed by atoms with Crippen LogP contribution in [0, 0.1) is 5.82 Å². The molecule has 1 unspecified atom stereocenters. The number of rotatable bonds is 3. The summed E-state index contributed by atoms with van der Waals surface area (Å²) in [4.78, 5) is 22.6. The van der Waals surface area contributed by atoms with Crippen LogP contribution in [-0.4, -0.2) is 29.6 Å². The molecule has 0 radical (unpaired) electrons. The number of carbonyl (C=O) groups excluding carboxylic acids is 1. The highest BCUT2D eigenvalue weighted by molar-refractivity contribution is 5.95. The maximum absolute atomic E-state index is 13.4. The van der Waals surface area contributed by atoms with Gasteiger partial charge < -0.3 is 15.7 Å². The number of halogens is 1. The first kappa shape index (κ1) is 13.5. The van der Waals surface area contributed by atoms with E-state index in [1.165, 1.54) is 6.07 Å². The summed E-state index contributed by atoms with van der Waals surface area (Å²) in [5, 5.41) is 14.4. The molecule has 0 spiro atoms. The lowest BCUT2D eigenvalue weighted by atomic mass is 10.0. The Morgan fingerprint density at radius 1 is 1.37 bits per heavy atom. The lowest BCUT2D eigenvalue weighted by Gasteiger charge is -2.22. The summed E-state index contributed by atoms with van der Waals surface area (Å²) in [5.41, 5.74) is -0.145. The van der Waals surface area contributed by atoms with Crippen LogP contribution in [0.5, 0.6) is 0 Å². The molecule has 19 heavy (non-hydrogen) atoms. The third kappa shape index (κ3) is 3.29. The summed E-state index contributed by atoms with van der Waals surface area (Å²) in [6.45, 7) is 0.796. The van der Waals surface area contributed by atoms with Gasteiger partial charge in [0.25, 0.3) is 0 Å². The van der Waals surface area contributed by atoms with Crippen LogP contribution < -0.4 is 10.6 Å². The van der Waals surface area contributed by atoms with Gasteiger partial charge in [-0.3, -0.25) is 4.79 Å². The van der Waals surface area contributed by atoms with Crippen molar-refractivity contribution in [2.45, 2.75) is 25.3 Å². The van der Waals surface area contributed by atoms with E-state index < -0.39 is 17.3 Å². The predicted octanol–water partition coefficient (Wildman–Crippen LogP) is 1.60. The van der Waals surface area contributed by atoms with Gasteiger partial charge in [-0.15, -0.1) is 0 Å². The second-order valence-corrected chi connectivity index (χ2v) is 4.49. The van der Waals surface area contributed by atoms with Crippen molar-refractivity contribution >= 4 is 17.6 Å². The Morgan fingerprint density at radius 2 is 2.16 bits per heavy atom. The smallest absolute Gasteiger partial charge is 0.338 e. The second kappa shape index (κ2) is 5.79. The normalized spacial score (nSPS) is 18.9. The van der Waals surface area contributed by atoms with Gasteiger partial charge in [0.1, 0.15) is 5.82 Å². The van der Waals surface area contributed by atoms with Gasteiger partial charge in [-0.05, 0) is 37.6 Å². The van der Waals surface area contributed by atoms with Crippen LogP contribution in [0.25, 0.3) is 0 Å². The van der Waals surface area contributed by atoms with Gasteiger partial charge >= 0.3 is 5.97 Å². The van der Waals surface area contributed by atoms with Crippen LogP contribution in [0.15, 0.2) is 18.2 Å². The topological polar surface area (TPSA) is 78.4 Å². The fourth-order valence-electron chi connectivity index (χ4n) is 2.07. The van der Waals surface area contributed by atoms with E-state index in [4.69, 9.17) is 5.11 Å². The maximum atomic E-state index is 13.4. The molecule has 1 aromatic rings. The number of benzene rings is 1. The number of nitrogens with one attached hydrogen (secondary N) is 2. The molecule has 3 N–H and O–H groups in total. The maximum Gasteiger partial charge on any atom is 0.338 e. The van der Waals surface area contributed by atoms with Crippen molar-refractivity contribution in [3.05, 3.63) is 29.6 Å². The summed E-state index contributed by atoms with van der Waals surface area (Å²) in [6, 6.07) is 3.27. The van der Waals surface area contributed by atoms with Gasteiger partial charge in [0.05, 0.1) is 11.6 Å². The van der Waals surface area contributed by atoms with Crippen molar-refractivity contribution in [2.75, 3.05) is 11.9 Å². The standard InChI is InChI=1S/C13H15FN2O3/c14-10-7-8(4-5-9(10)13(18)19)16-12(17)11-3-1-2-6-15-11/h4-5,7,11,15H,1-3,6H2,(H,16,17)(H,18,19). The molecule has 1 aliphatic rings. The summed E-state index contributed by atoms with van der Waals surface area (Å²) >= 11 is 0. The fourth-order valence-corrected chi connectivity index (χ4v) is 2.07. The molecule has 5 nitrogen and oxygen atoms in total. The van der Waals surface area contributed by atoms with Crippen LogP contribution >= 0.6 is 0 Å². The first-order valence-electron chi connectivity index (χ1n) is 6.15. The molecule has 1 heterocycles. The van der Waals surface area contributed by atoms with Gasteiger partial charge in [-0.1, -0.05) is 6.42 Å². The Bertz CT molecular complexity index is 499. The summed E-state index contributed by atoms with van der Waals surface area (Å²) in [7, 11) is 0. The average Bonchev–Trinajstić information content (AvgIpc) is 2.39. The van der Waals surface area contributed by atoms with Crippen molar-refractivity contribution in [1.29, 1.82) is 0 Å². The van der Waals surface area contributed by atoms with Crippen molar-refractivity contribution < 1.29 is 19.1 Å². The molecule has 1 aliphatic heterocycles. The Labute approximate surface area is 109 Å². The van der Waals surface area contributed by atoms with Gasteiger partial charge in [0.2, 0.25) is 5.91 Å². The molecule has 1 amide bonds. The van der Waals surface area contributed by atoms with E-state index in [-0.39, 0.29) is 17.6 Å². The van der Waals surface area contributed by atoms with Crippen LogP contribution in [0.4, 0.5) is 10.1 Å². The van der Waals surface area contributed by atoms with Crippen LogP contribution in [-0.2, 0) is 4.79 Å². The van der Waals surface area contributed by atoms with Crippen LogP contribution in [0.3, 0.4) is 0 Å². The first-order valence-corrected chi connectivity index (χ1v) is 6.15. The van der Waals surface area contributed by atoms with Crippen molar-refractivity contribution in [1.82, 2.24) is 5.32 Å². The first-order chi connectivity index (χ1) is 9.08. The molecule has 1 atom stereocenters. The minimum absolute atomic E-state index is 0.220. The Morgan fingerprint density at radius 3 is 2.74 bits per heavy atom. The van der Waals surface area contributed by atoms with E-state index in [0.717, 1.165) is 37.9 Å². The molecule has 6 heteroatoms. The molecule has 0 bridgehead atoms. The van der Waals surface area contributed by atoms with E-state index in [1.807, 2.05) is 0 Å². The predicted molar refractivity (Wildman–Crippen MR) is 67.6 cm³/mol. The molecular formula is C13H15FN2O3. The Hall–Kier alpha value is -1.95. The number of carboxylic acid groups (broad SMARTS) is 1. The largest absolute Gasteiger partial charge is 0.478 e. The van der Waals surface area contributed by atoms with E-state index in [0.29, 0.717) is 0 Å². The average molecular weight is 266 g/mol. The lowest BCUT2D eigenvalue weighted by Crippen LogP contribution is -2.43. The minimum Gasteiger partial charge on any atom is -0.478 e. The number of anilines is 1. The van der Waals surface area contributed by atoms with Crippen molar-refractivity contribution in [3.63, 3.8) is 0 Å². The Balaban J connectivity index is 2.04. The Kier molecular flexibility index (Phi) is 4.11. The number of aromatic carboxylic acids is 1. The summed E-state index contributed by atoms with van der Waals surface area (Å²) in [5.74, 6) is -2.41. The van der Waals surface area contributed by atoms with E-state index >= 15 is 0 Å². The van der Waals surface area contributed by atoms with Gasteiger partial charge in [0.15, 0.2) is 0 Å². The fraction of sp³-hybridized carbons (Fsp3) is 0.385. The summed E-state index contributed by atoms with van der Waals surface area (Å²) in [6.07, 6.45) is 2.78. The molecule has 2 rings (SSSR count). The number of hydrogen-bond donors (Lipinski definition) is 3. The van der Waals surface area contributed by atoms with Crippen LogP contribution in [0.2, 0.25) is 0 Å². The minimum atomic E-state index is -1.33. The third-order valence-corrected chi connectivity index (χ3v) is 3.09. The molecule has 1 fully saturated rings. The number of carbonyl (C=O) groups is 2. The summed E-state index contributed by atoms with van der Waals surface area (Å²) < 4.78 is 13.4. The monoisotopic (exact) mass is 266 g/mol. The lowest BCUT2D eigenvalue weighted by molar-refractivity contribution is -0.118. The zero-order valence-electron chi connectivity index (χ0n) is 10.3. The van der Waals surface area contributed by atoms with E-state index in [1.54, 1.807) is 0 Å². The molecule has 0 saturated carbocycles. The van der Waals surface area contributed by atoms with Gasteiger partial charge in [0, 0.05) is 5.69 Å². The molecular weight excluding hydrogens is 251 g/mol. The molecule has 1 aromatic carbocycles. The van der Waals surface area contributed by atoms with Crippen molar-refractivity contribution in [3.8, 4) is 0 Å². The molecule has 1 saturated heterocycles. The zero-order chi connectivity index (χ0) is 13.8. The molecule has 0 aliphatic carbocycles. The third-order valence-electron chi connectivity index (χ3n) is 3.09. The van der Waals surface area contributed by atoms with E-state index in [9.17, 15) is 14.0 Å². The number of amides is 1. The molecule has 0 aromatic heterocycles. The highest BCUT2D eigenvalue weighted by Crippen LogP contribution is 2.16. The number of hydrogen-bond acceptors (Lipinski definition) is 3. The van der Waals surface area contributed by atoms with Crippen molar-refractivity contribution in [2.24, 2.45) is 0 Å². The van der Waals surface area contributed by atoms with Crippen LogP contribution in [0.1, 0.15) is 29.6 Å². The number of piperidine rings is 1. The SMILES string of the molecule is O=C(O)c1ccc(NC(=O)C2CCCCN2)cc1F. The highest BCUT2D eigenvalue weighted by atomic mass is 19.1. The highest BCUT2D eigenvalue weighted by Gasteiger charge is 2.21. The van der Waals surface area contributed by atoms with Gasteiger partial charge in [-0.2, -0.15) is 0 Å². The second-order valence-electron chi connectivity index (χ2n) is 4.49. The quantitative estimate of drug-likeness (QED) is 0.776. The van der Waals surface area contributed by atoms with E-state index in [2.05, 4.69) is 10.6 Å². The zero-order valence-corrected chi connectivity index (χ0v) is 10.3.